The second-order valence-corrected chi connectivity index (χ2v) is 2.45. The summed E-state index contributed by atoms with van der Waals surface area (Å²) in [7, 11) is 1.68. The second kappa shape index (κ2) is 2.79. The quantitative estimate of drug-likeness (QED) is 0.353. The Kier molecular flexibility index (Phi) is 2.01. The highest BCUT2D eigenvalue weighted by Crippen LogP contribution is 2.07. The summed E-state index contributed by atoms with van der Waals surface area (Å²) in [5, 5.41) is 10.2. The molecule has 0 amide bonds. The third-order valence-corrected chi connectivity index (χ3v) is 1.89. The first kappa shape index (κ1) is 7.20. The van der Waals surface area contributed by atoms with Crippen molar-refractivity contribution >= 4 is 29.3 Å². The lowest BCUT2D eigenvalue weighted by Gasteiger charge is -1.85. The molecule has 0 saturated carbocycles. The Labute approximate surface area is 62.4 Å². The van der Waals surface area contributed by atoms with Gasteiger partial charge in [-0.2, -0.15) is 4.37 Å². The monoisotopic (exact) mass is 155 g/mol. The average Bonchev–Trinajstić information content (AvgIpc) is 2.33. The van der Waals surface area contributed by atoms with E-state index in [4.69, 9.17) is 0 Å². The van der Waals surface area contributed by atoms with E-state index in [1.807, 2.05) is 0 Å². The number of nitro groups is 1. The summed E-state index contributed by atoms with van der Waals surface area (Å²) < 4.78 is 4.30. The van der Waals surface area contributed by atoms with Crippen molar-refractivity contribution in [2.75, 3.05) is 0 Å². The van der Waals surface area contributed by atoms with E-state index >= 15 is 0 Å². The van der Waals surface area contributed by atoms with Crippen molar-refractivity contribution in [3.8, 4) is 0 Å². The Morgan fingerprint density at radius 1 is 1.90 bits per heavy atom. The van der Waals surface area contributed by atoms with E-state index in [9.17, 15) is 10.1 Å². The molecular formula is C4H4BN2O2S. The standard InChI is InChI=1S/C4H4BN2O2S/c1-5-4-3(7(8)9)2-6-10-4/h2H,1H3. The molecule has 1 aromatic rings. The summed E-state index contributed by atoms with van der Waals surface area (Å²) in [6.45, 7) is 1.75. The molecule has 1 aromatic heterocycles. The van der Waals surface area contributed by atoms with Crippen LogP contribution in [0.2, 0.25) is 6.82 Å². The maximum atomic E-state index is 10.2. The lowest BCUT2D eigenvalue weighted by atomic mass is 9.80. The molecule has 0 N–H and O–H groups in total. The third-order valence-electron chi connectivity index (χ3n) is 1.04. The number of hydrogen-bond donors (Lipinski definition) is 0. The predicted octanol–water partition coefficient (Wildman–Crippen LogP) is 0.429. The summed E-state index contributed by atoms with van der Waals surface area (Å²) >= 11 is 1.13. The zero-order chi connectivity index (χ0) is 7.56. The topological polar surface area (TPSA) is 56.0 Å². The SMILES string of the molecule is C[B]c1sncc1[N+](=O)[O-]. The zero-order valence-corrected chi connectivity index (χ0v) is 6.09. The third kappa shape index (κ3) is 1.16. The first-order valence-electron chi connectivity index (χ1n) is 2.64. The smallest absolute Gasteiger partial charge is 0.258 e. The van der Waals surface area contributed by atoms with Crippen molar-refractivity contribution in [3.63, 3.8) is 0 Å². The van der Waals surface area contributed by atoms with Crippen LogP contribution >= 0.6 is 11.5 Å². The van der Waals surface area contributed by atoms with Crippen molar-refractivity contribution < 1.29 is 4.92 Å². The average molecular weight is 155 g/mol. The van der Waals surface area contributed by atoms with E-state index in [2.05, 4.69) is 4.37 Å². The number of nitrogens with zero attached hydrogens (tertiary/aromatic N) is 2. The fourth-order valence-electron chi connectivity index (χ4n) is 0.581. The van der Waals surface area contributed by atoms with Crippen molar-refractivity contribution in [1.82, 2.24) is 4.37 Å². The van der Waals surface area contributed by atoms with Gasteiger partial charge in [-0.3, -0.25) is 10.1 Å². The number of rotatable bonds is 2. The molecule has 0 saturated heterocycles. The van der Waals surface area contributed by atoms with Crippen LogP contribution in [0.1, 0.15) is 0 Å². The van der Waals surface area contributed by atoms with Crippen LogP contribution in [0.4, 0.5) is 5.69 Å². The largest absolute Gasteiger partial charge is 0.293 e. The van der Waals surface area contributed by atoms with Gasteiger partial charge in [0.25, 0.3) is 5.69 Å². The summed E-state index contributed by atoms with van der Waals surface area (Å²) in [5.41, 5.74) is 0.0903. The van der Waals surface area contributed by atoms with Gasteiger partial charge in [-0.05, 0) is 11.5 Å². The second-order valence-electron chi connectivity index (χ2n) is 1.62. The van der Waals surface area contributed by atoms with Crippen molar-refractivity contribution in [2.45, 2.75) is 6.82 Å². The molecule has 1 heterocycles. The maximum Gasteiger partial charge on any atom is 0.293 e. The summed E-state index contributed by atoms with van der Waals surface area (Å²) in [5.74, 6) is 0. The molecule has 0 aliphatic rings. The first-order valence-corrected chi connectivity index (χ1v) is 3.41. The van der Waals surface area contributed by atoms with E-state index < -0.39 is 4.92 Å². The van der Waals surface area contributed by atoms with Crippen LogP contribution in [0, 0.1) is 10.1 Å². The van der Waals surface area contributed by atoms with E-state index in [0.717, 1.165) is 11.5 Å². The van der Waals surface area contributed by atoms with Gasteiger partial charge in [0.1, 0.15) is 6.20 Å². The van der Waals surface area contributed by atoms with Crippen LogP contribution in [0.15, 0.2) is 6.20 Å². The predicted molar refractivity (Wildman–Crippen MR) is 40.0 cm³/mol. The van der Waals surface area contributed by atoms with Gasteiger partial charge in [0.05, 0.1) is 9.70 Å². The fourth-order valence-corrected chi connectivity index (χ4v) is 1.17. The van der Waals surface area contributed by atoms with Gasteiger partial charge in [-0.15, -0.1) is 0 Å². The van der Waals surface area contributed by atoms with Crippen LogP contribution in [0.5, 0.6) is 0 Å². The molecule has 6 heteroatoms. The minimum atomic E-state index is -0.432. The Hall–Kier alpha value is -0.905. The van der Waals surface area contributed by atoms with E-state index in [1.54, 1.807) is 14.1 Å². The minimum Gasteiger partial charge on any atom is -0.258 e. The normalized spacial score (nSPS) is 9.30. The van der Waals surface area contributed by atoms with Gasteiger partial charge in [0, 0.05) is 0 Å². The van der Waals surface area contributed by atoms with Crippen LogP contribution in [0.25, 0.3) is 0 Å². The molecular weight excluding hydrogens is 151 g/mol. The van der Waals surface area contributed by atoms with Crippen LogP contribution in [-0.2, 0) is 0 Å². The van der Waals surface area contributed by atoms with Crippen molar-refractivity contribution in [3.05, 3.63) is 16.3 Å². The Morgan fingerprint density at radius 3 is 3.00 bits per heavy atom. The van der Waals surface area contributed by atoms with Crippen LogP contribution in [0.3, 0.4) is 0 Å². The van der Waals surface area contributed by atoms with Crippen LogP contribution in [-0.4, -0.2) is 16.6 Å². The van der Waals surface area contributed by atoms with Gasteiger partial charge < -0.3 is 0 Å². The van der Waals surface area contributed by atoms with E-state index in [-0.39, 0.29) is 5.69 Å². The van der Waals surface area contributed by atoms with Crippen molar-refractivity contribution in [2.24, 2.45) is 0 Å². The van der Waals surface area contributed by atoms with Gasteiger partial charge in [-0.25, -0.2) is 0 Å². The molecule has 0 aliphatic heterocycles. The molecule has 0 aliphatic carbocycles. The Bertz CT molecular complexity index is 249. The molecule has 4 nitrogen and oxygen atoms in total. The van der Waals surface area contributed by atoms with E-state index in [0.29, 0.717) is 4.78 Å². The Morgan fingerprint density at radius 2 is 2.60 bits per heavy atom. The van der Waals surface area contributed by atoms with Gasteiger partial charge in [0.2, 0.25) is 0 Å². The summed E-state index contributed by atoms with van der Waals surface area (Å²) in [4.78, 5) is 9.76. The Balaban J connectivity index is 3.01. The molecule has 10 heavy (non-hydrogen) atoms. The lowest BCUT2D eigenvalue weighted by molar-refractivity contribution is -0.383. The number of hydrogen-bond acceptors (Lipinski definition) is 4. The van der Waals surface area contributed by atoms with Gasteiger partial charge in [0.15, 0.2) is 7.28 Å². The fraction of sp³-hybridized carbons (Fsp3) is 0.250. The molecule has 51 valence electrons. The molecule has 1 rings (SSSR count). The molecule has 0 atom stereocenters. The first-order chi connectivity index (χ1) is 4.75. The van der Waals surface area contributed by atoms with Crippen LogP contribution < -0.4 is 4.78 Å². The molecule has 0 spiro atoms. The van der Waals surface area contributed by atoms with Gasteiger partial charge in [-0.1, -0.05) is 6.82 Å². The molecule has 0 fully saturated rings. The highest BCUT2D eigenvalue weighted by Gasteiger charge is 2.13. The maximum absolute atomic E-state index is 10.2. The summed E-state index contributed by atoms with van der Waals surface area (Å²) in [6.07, 6.45) is 1.26. The van der Waals surface area contributed by atoms with Gasteiger partial charge >= 0.3 is 0 Å². The highest BCUT2D eigenvalue weighted by molar-refractivity contribution is 7.17. The van der Waals surface area contributed by atoms with E-state index in [1.165, 1.54) is 6.20 Å². The molecule has 1 radical (unpaired) electrons. The molecule has 0 aromatic carbocycles. The minimum absolute atomic E-state index is 0.0903. The molecule has 0 bridgehead atoms. The van der Waals surface area contributed by atoms with Crippen molar-refractivity contribution in [1.29, 1.82) is 0 Å². The lowest BCUT2D eigenvalue weighted by Crippen LogP contribution is -2.09. The molecule has 0 unspecified atom stereocenters. The number of aromatic nitrogens is 1. The summed E-state index contributed by atoms with van der Waals surface area (Å²) in [6, 6.07) is 0. The highest BCUT2D eigenvalue weighted by atomic mass is 32.1. The zero-order valence-electron chi connectivity index (χ0n) is 5.27.